The number of rotatable bonds is 6. The van der Waals surface area contributed by atoms with Crippen molar-refractivity contribution in [3.05, 3.63) is 83.4 Å². The molecule has 1 aromatic heterocycles. The van der Waals surface area contributed by atoms with Crippen LogP contribution in [0.25, 0.3) is 11.1 Å². The van der Waals surface area contributed by atoms with E-state index in [1.807, 2.05) is 24.5 Å². The van der Waals surface area contributed by atoms with Crippen LogP contribution < -0.4 is 14.8 Å². The van der Waals surface area contributed by atoms with Gasteiger partial charge in [0, 0.05) is 30.2 Å². The molecule has 6 nitrogen and oxygen atoms in total. The molecule has 1 atom stereocenters. The molecule has 33 heavy (non-hydrogen) atoms. The van der Waals surface area contributed by atoms with Gasteiger partial charge in [0.25, 0.3) is 0 Å². The maximum absolute atomic E-state index is 15.0. The molecule has 0 radical (unpaired) electrons. The van der Waals surface area contributed by atoms with Gasteiger partial charge in [0.05, 0.1) is 18.8 Å². The van der Waals surface area contributed by atoms with Gasteiger partial charge in [-0.1, -0.05) is 17.2 Å². The first-order valence-corrected chi connectivity index (χ1v) is 10.9. The van der Waals surface area contributed by atoms with E-state index in [0.717, 1.165) is 12.1 Å². The quantitative estimate of drug-likeness (QED) is 0.582. The number of halogens is 1. The topological polar surface area (TPSA) is 62.5 Å². The second-order valence-electron chi connectivity index (χ2n) is 8.47. The lowest BCUT2D eigenvalue weighted by atomic mass is 10.1. The Morgan fingerprint density at radius 2 is 1.82 bits per heavy atom. The summed E-state index contributed by atoms with van der Waals surface area (Å²) in [6, 6.07) is 15.0. The number of hydrogen-bond donors (Lipinski definition) is 1. The number of aryl methyl sites for hydroxylation is 2. The molecule has 1 aliphatic rings. The molecular weight excluding hydrogens is 421 g/mol. The van der Waals surface area contributed by atoms with Gasteiger partial charge in [0.2, 0.25) is 5.91 Å². The maximum Gasteiger partial charge on any atom is 0.414 e. The van der Waals surface area contributed by atoms with E-state index in [1.165, 1.54) is 34.6 Å². The normalized spacial score (nSPS) is 15.5. The molecule has 1 fully saturated rings. The Labute approximate surface area is 192 Å². The van der Waals surface area contributed by atoms with E-state index in [-0.39, 0.29) is 19.0 Å². The van der Waals surface area contributed by atoms with Crippen LogP contribution in [0.1, 0.15) is 23.6 Å². The summed E-state index contributed by atoms with van der Waals surface area (Å²) < 4.78 is 22.3. The molecule has 0 aliphatic carbocycles. The number of cyclic esters (lactones) is 1. The van der Waals surface area contributed by atoms with Gasteiger partial charge in [0.15, 0.2) is 18.9 Å². The molecule has 1 unspecified atom stereocenters. The summed E-state index contributed by atoms with van der Waals surface area (Å²) in [5.74, 6) is -0.615. The lowest BCUT2D eigenvalue weighted by molar-refractivity contribution is -0.688. The number of ether oxygens (including phenoxy) is 1. The van der Waals surface area contributed by atoms with Gasteiger partial charge >= 0.3 is 6.09 Å². The summed E-state index contributed by atoms with van der Waals surface area (Å²) in [6.45, 7) is 6.79. The Morgan fingerprint density at radius 3 is 2.45 bits per heavy atom. The Hall–Kier alpha value is -3.74. The minimum atomic E-state index is -0.551. The number of amides is 2. The van der Waals surface area contributed by atoms with E-state index in [0.29, 0.717) is 11.3 Å². The number of carbonyl (C=O) groups is 2. The molecule has 1 N–H and O–H groups in total. The molecule has 4 rings (SSSR count). The molecule has 1 saturated heterocycles. The third-order valence-electron chi connectivity index (χ3n) is 5.57. The second kappa shape index (κ2) is 9.40. The van der Waals surface area contributed by atoms with Gasteiger partial charge in [-0.2, -0.15) is 0 Å². The average molecular weight is 449 g/mol. The summed E-state index contributed by atoms with van der Waals surface area (Å²) in [5, 5.41) is 2.63. The molecule has 2 aromatic carbocycles. The lowest BCUT2D eigenvalue weighted by Gasteiger charge is -2.14. The summed E-state index contributed by atoms with van der Waals surface area (Å²) in [4.78, 5) is 24.6. The Kier molecular flexibility index (Phi) is 6.40. The highest BCUT2D eigenvalue weighted by Gasteiger charge is 2.32. The smallest absolute Gasteiger partial charge is 0.414 e. The van der Waals surface area contributed by atoms with Crippen molar-refractivity contribution in [2.24, 2.45) is 0 Å². The molecule has 3 aromatic rings. The number of aromatic nitrogens is 1. The van der Waals surface area contributed by atoms with E-state index in [2.05, 4.69) is 41.9 Å². The van der Waals surface area contributed by atoms with Crippen LogP contribution in [-0.4, -0.2) is 31.2 Å². The van der Waals surface area contributed by atoms with Crippen LogP contribution in [0.15, 0.2) is 60.9 Å². The van der Waals surface area contributed by atoms with E-state index in [4.69, 9.17) is 4.74 Å². The molecule has 0 bridgehead atoms. The zero-order valence-corrected chi connectivity index (χ0v) is 19.0. The van der Waals surface area contributed by atoms with Crippen molar-refractivity contribution in [1.82, 2.24) is 5.32 Å². The number of pyridine rings is 1. The number of hydrogen-bond acceptors (Lipinski definition) is 3. The summed E-state index contributed by atoms with van der Waals surface area (Å²) in [5.41, 5.74) is 5.31. The van der Waals surface area contributed by atoms with Crippen molar-refractivity contribution in [3.63, 3.8) is 0 Å². The van der Waals surface area contributed by atoms with Gasteiger partial charge in [-0.3, -0.25) is 9.69 Å². The third kappa shape index (κ3) is 5.37. The van der Waals surface area contributed by atoms with Crippen molar-refractivity contribution < 1.29 is 23.3 Å². The fraction of sp³-hybridized carbons (Fsp3) is 0.269. The summed E-state index contributed by atoms with van der Waals surface area (Å²) >= 11 is 0. The van der Waals surface area contributed by atoms with Crippen LogP contribution in [0.5, 0.6) is 0 Å². The van der Waals surface area contributed by atoms with Crippen LogP contribution in [-0.2, 0) is 16.1 Å². The predicted octanol–water partition coefficient (Wildman–Crippen LogP) is 3.91. The van der Waals surface area contributed by atoms with Gasteiger partial charge in [-0.15, -0.1) is 0 Å². The first-order valence-electron chi connectivity index (χ1n) is 10.9. The molecule has 0 spiro atoms. The number of benzene rings is 2. The third-order valence-corrected chi connectivity index (χ3v) is 5.57. The monoisotopic (exact) mass is 448 g/mol. The number of carbonyl (C=O) groups excluding carboxylic acids is 2. The van der Waals surface area contributed by atoms with Crippen LogP contribution in [0.3, 0.4) is 0 Å². The van der Waals surface area contributed by atoms with Crippen molar-refractivity contribution in [2.45, 2.75) is 33.4 Å². The van der Waals surface area contributed by atoms with Crippen molar-refractivity contribution in [2.75, 3.05) is 18.0 Å². The van der Waals surface area contributed by atoms with Crippen molar-refractivity contribution in [1.29, 1.82) is 0 Å². The first-order chi connectivity index (χ1) is 15.8. The Morgan fingerprint density at radius 1 is 1.12 bits per heavy atom. The average Bonchev–Trinajstić information content (AvgIpc) is 3.13. The van der Waals surface area contributed by atoms with Crippen LogP contribution in [0.2, 0.25) is 0 Å². The molecule has 2 heterocycles. The molecule has 170 valence electrons. The number of anilines is 1. The van der Waals surface area contributed by atoms with Crippen molar-refractivity contribution in [3.8, 4) is 11.1 Å². The minimum absolute atomic E-state index is 0.196. The molecule has 1 aliphatic heterocycles. The first kappa shape index (κ1) is 22.5. The van der Waals surface area contributed by atoms with Crippen LogP contribution in [0.4, 0.5) is 14.9 Å². The van der Waals surface area contributed by atoms with E-state index < -0.39 is 18.0 Å². The molecular formula is C26H27FN3O3+. The second-order valence-corrected chi connectivity index (χ2v) is 8.47. The highest BCUT2D eigenvalue weighted by Crippen LogP contribution is 2.28. The SMILES string of the molecule is CC(=O)NCC1CN(c2ccc(-c3cc[n+](Cc4cc(C)cc(C)c4)cc3)c(F)c2)C(=O)O1. The standard InChI is InChI=1S/C26H26FN3O3/c1-17-10-18(2)12-20(11-17)15-29-8-6-21(7-9-29)24-5-4-22(13-25(24)27)30-16-23(33-26(30)32)14-28-19(3)31/h4-13,23H,14-16H2,1-3H3/p+1. The zero-order valence-electron chi connectivity index (χ0n) is 19.0. The molecule has 0 saturated carbocycles. The Bertz CT molecular complexity index is 1170. The largest absolute Gasteiger partial charge is 0.442 e. The van der Waals surface area contributed by atoms with E-state index in [9.17, 15) is 14.0 Å². The highest BCUT2D eigenvalue weighted by molar-refractivity contribution is 5.90. The minimum Gasteiger partial charge on any atom is -0.442 e. The van der Waals surface area contributed by atoms with E-state index in [1.54, 1.807) is 12.1 Å². The van der Waals surface area contributed by atoms with Gasteiger partial charge in [0.1, 0.15) is 11.9 Å². The zero-order chi connectivity index (χ0) is 23.5. The van der Waals surface area contributed by atoms with Gasteiger partial charge in [-0.25, -0.2) is 13.8 Å². The molecule has 2 amide bonds. The highest BCUT2D eigenvalue weighted by atomic mass is 19.1. The van der Waals surface area contributed by atoms with Crippen molar-refractivity contribution >= 4 is 17.7 Å². The molecule has 7 heteroatoms. The Balaban J connectivity index is 1.47. The number of nitrogens with one attached hydrogen (secondary N) is 1. The fourth-order valence-corrected chi connectivity index (χ4v) is 4.12. The number of nitrogens with zero attached hydrogens (tertiary/aromatic N) is 2. The van der Waals surface area contributed by atoms with Gasteiger partial charge in [-0.05, 0) is 49.7 Å². The van der Waals surface area contributed by atoms with E-state index >= 15 is 0 Å². The van der Waals surface area contributed by atoms with Gasteiger partial charge < -0.3 is 10.1 Å². The predicted molar refractivity (Wildman–Crippen MR) is 123 cm³/mol. The summed E-state index contributed by atoms with van der Waals surface area (Å²) in [6.07, 6.45) is 2.85. The lowest BCUT2D eigenvalue weighted by Crippen LogP contribution is -2.33. The maximum atomic E-state index is 15.0. The fourth-order valence-electron chi connectivity index (χ4n) is 4.12. The van der Waals surface area contributed by atoms with Crippen LogP contribution >= 0.6 is 0 Å². The summed E-state index contributed by atoms with van der Waals surface area (Å²) in [7, 11) is 0. The van der Waals surface area contributed by atoms with Crippen LogP contribution in [0, 0.1) is 19.7 Å².